The first-order chi connectivity index (χ1) is 13.5. The number of hydrogen-bond acceptors (Lipinski definition) is 7. The van der Waals surface area contributed by atoms with Gasteiger partial charge in [0.15, 0.2) is 11.5 Å². The lowest BCUT2D eigenvalue weighted by atomic mass is 9.83. The molecule has 1 aliphatic rings. The van der Waals surface area contributed by atoms with Crippen LogP contribution in [0.25, 0.3) is 0 Å². The molecule has 7 nitrogen and oxygen atoms in total. The molecule has 1 aliphatic carbocycles. The molecule has 28 heavy (non-hydrogen) atoms. The predicted octanol–water partition coefficient (Wildman–Crippen LogP) is 3.85. The summed E-state index contributed by atoms with van der Waals surface area (Å²) < 4.78 is 18.5. The normalized spacial score (nSPS) is 20.2. The van der Waals surface area contributed by atoms with Crippen LogP contribution in [0.4, 0.5) is 10.1 Å². The van der Waals surface area contributed by atoms with Gasteiger partial charge in [-0.2, -0.15) is 0 Å². The molecule has 4 N–H and O–H groups in total. The maximum Gasteiger partial charge on any atom is 0.182 e. The topological polar surface area (TPSA) is 110 Å². The van der Waals surface area contributed by atoms with Crippen molar-refractivity contribution in [2.24, 2.45) is 16.6 Å². The fourth-order valence-corrected chi connectivity index (χ4v) is 4.03. The van der Waals surface area contributed by atoms with Gasteiger partial charge in [0.2, 0.25) is 0 Å². The summed E-state index contributed by atoms with van der Waals surface area (Å²) in [6, 6.07) is 4.53. The summed E-state index contributed by atoms with van der Waals surface area (Å²) in [5, 5.41) is 17.2. The Labute approximate surface area is 175 Å². The van der Waals surface area contributed by atoms with Gasteiger partial charge in [-0.15, -0.1) is 0 Å². The van der Waals surface area contributed by atoms with Crippen molar-refractivity contribution in [3.63, 3.8) is 0 Å². The van der Waals surface area contributed by atoms with Crippen LogP contribution in [0.1, 0.15) is 43.5 Å². The predicted molar refractivity (Wildman–Crippen MR) is 110 cm³/mol. The molecule has 0 aliphatic heterocycles. The smallest absolute Gasteiger partial charge is 0.182 e. The van der Waals surface area contributed by atoms with Crippen LogP contribution in [-0.4, -0.2) is 32.3 Å². The van der Waals surface area contributed by atoms with Crippen molar-refractivity contribution in [1.29, 1.82) is 0 Å². The summed E-state index contributed by atoms with van der Waals surface area (Å²) in [6.45, 7) is 0. The number of nitrogens with zero attached hydrogens (tertiary/aromatic N) is 3. The standard InChI is InChI=1S/C18H21BrFN5O2S/c19-14-8-12(5-6-15(14)20)22-18(23-26)17-16(24-27-25-17)9-13(28)7-10-1-3-11(21)4-2-10/h5-6,8,10-11,26H,1-4,7,9,21H2,(H,22,23). The first-order valence-corrected chi connectivity index (χ1v) is 10.2. The summed E-state index contributed by atoms with van der Waals surface area (Å²) in [7, 11) is 0. The zero-order valence-electron chi connectivity index (χ0n) is 15.1. The molecular formula is C18H21BrFN5O2S. The number of hydrogen-bond donors (Lipinski definition) is 3. The second-order valence-corrected chi connectivity index (χ2v) is 8.36. The maximum absolute atomic E-state index is 13.4. The molecule has 3 rings (SSSR count). The minimum Gasteiger partial charge on any atom is -0.328 e. The minimum absolute atomic E-state index is 0.0428. The van der Waals surface area contributed by atoms with Crippen LogP contribution in [0.5, 0.6) is 0 Å². The van der Waals surface area contributed by atoms with E-state index in [1.807, 2.05) is 5.48 Å². The summed E-state index contributed by atoms with van der Waals surface area (Å²) in [4.78, 5) is 5.10. The van der Waals surface area contributed by atoms with Crippen LogP contribution in [0.2, 0.25) is 0 Å². The number of thiocarbonyl (C=S) groups is 1. The number of aliphatic imine (C=N–C) groups is 1. The van der Waals surface area contributed by atoms with Gasteiger partial charge in [-0.3, -0.25) is 10.7 Å². The highest BCUT2D eigenvalue weighted by Crippen LogP contribution is 2.27. The Hall–Kier alpha value is -1.75. The number of amidine groups is 1. The highest BCUT2D eigenvalue weighted by Gasteiger charge is 2.22. The zero-order chi connectivity index (χ0) is 20.1. The Kier molecular flexibility index (Phi) is 7.22. The van der Waals surface area contributed by atoms with Crippen molar-refractivity contribution in [1.82, 2.24) is 15.8 Å². The van der Waals surface area contributed by atoms with E-state index in [0.29, 0.717) is 29.8 Å². The number of nitrogens with one attached hydrogen (secondary N) is 1. The molecule has 0 atom stereocenters. The van der Waals surface area contributed by atoms with E-state index in [1.54, 1.807) is 0 Å². The Bertz CT molecular complexity index is 867. The third-order valence-corrected chi connectivity index (χ3v) is 5.72. The first-order valence-electron chi connectivity index (χ1n) is 8.99. The van der Waals surface area contributed by atoms with Crippen molar-refractivity contribution in [3.05, 3.63) is 39.9 Å². The van der Waals surface area contributed by atoms with E-state index < -0.39 is 5.82 Å². The molecule has 0 bridgehead atoms. The van der Waals surface area contributed by atoms with E-state index in [0.717, 1.165) is 37.0 Å². The van der Waals surface area contributed by atoms with Gasteiger partial charge in [0, 0.05) is 12.5 Å². The Morgan fingerprint density at radius 1 is 1.36 bits per heavy atom. The summed E-state index contributed by atoms with van der Waals surface area (Å²) in [5.74, 6) is 0.174. The van der Waals surface area contributed by atoms with Crippen molar-refractivity contribution < 1.29 is 14.2 Å². The van der Waals surface area contributed by atoms with Crippen LogP contribution in [0.3, 0.4) is 0 Å². The Morgan fingerprint density at radius 2 is 2.11 bits per heavy atom. The van der Waals surface area contributed by atoms with Gasteiger partial charge in [0.05, 0.1) is 10.2 Å². The molecule has 0 amide bonds. The summed E-state index contributed by atoms with van der Waals surface area (Å²) in [5.41, 5.74) is 9.13. The molecule has 0 spiro atoms. The van der Waals surface area contributed by atoms with Gasteiger partial charge in [-0.05, 0) is 82.2 Å². The largest absolute Gasteiger partial charge is 0.328 e. The number of benzene rings is 1. The van der Waals surface area contributed by atoms with E-state index in [1.165, 1.54) is 18.2 Å². The Balaban J connectivity index is 1.71. The van der Waals surface area contributed by atoms with Crippen LogP contribution >= 0.6 is 28.1 Å². The molecular weight excluding hydrogens is 449 g/mol. The first kappa shape index (κ1) is 21.0. The fraction of sp³-hybridized carbons (Fsp3) is 0.444. The van der Waals surface area contributed by atoms with E-state index in [9.17, 15) is 9.60 Å². The molecule has 0 radical (unpaired) electrons. The average Bonchev–Trinajstić information content (AvgIpc) is 3.12. The van der Waals surface area contributed by atoms with E-state index >= 15 is 0 Å². The van der Waals surface area contributed by atoms with Gasteiger partial charge in [-0.25, -0.2) is 14.0 Å². The van der Waals surface area contributed by atoms with Crippen LogP contribution in [0, 0.1) is 11.7 Å². The second kappa shape index (κ2) is 9.64. The van der Waals surface area contributed by atoms with E-state index in [-0.39, 0.29) is 16.0 Å². The maximum atomic E-state index is 13.4. The molecule has 0 unspecified atom stereocenters. The third kappa shape index (κ3) is 5.40. The van der Waals surface area contributed by atoms with Gasteiger partial charge in [0.1, 0.15) is 11.5 Å². The van der Waals surface area contributed by atoms with Crippen LogP contribution in [0.15, 0.2) is 32.3 Å². The SMILES string of the molecule is NC1CCC(CC(=S)Cc2nonc2C(=Nc2ccc(F)c(Br)c2)NO)CC1. The molecule has 1 aromatic carbocycles. The minimum atomic E-state index is -0.407. The van der Waals surface area contributed by atoms with Gasteiger partial charge < -0.3 is 5.73 Å². The molecule has 150 valence electrons. The van der Waals surface area contributed by atoms with E-state index in [4.69, 9.17) is 22.6 Å². The lowest BCUT2D eigenvalue weighted by Crippen LogP contribution is -2.27. The highest BCUT2D eigenvalue weighted by molar-refractivity contribution is 9.10. The molecule has 2 aromatic rings. The lowest BCUT2D eigenvalue weighted by molar-refractivity contribution is 0.234. The highest BCUT2D eigenvalue weighted by atomic mass is 79.9. The molecule has 1 fully saturated rings. The van der Waals surface area contributed by atoms with Crippen molar-refractivity contribution in [2.75, 3.05) is 0 Å². The quantitative estimate of drug-likeness (QED) is 0.255. The number of hydroxylamine groups is 1. The summed E-state index contributed by atoms with van der Waals surface area (Å²) in [6.07, 6.45) is 5.43. The monoisotopic (exact) mass is 469 g/mol. The molecule has 1 saturated carbocycles. The summed E-state index contributed by atoms with van der Waals surface area (Å²) >= 11 is 8.65. The number of rotatable bonds is 6. The number of nitrogens with two attached hydrogens (primary N) is 1. The van der Waals surface area contributed by atoms with Crippen molar-refractivity contribution in [3.8, 4) is 0 Å². The van der Waals surface area contributed by atoms with Crippen molar-refractivity contribution >= 4 is 44.5 Å². The average molecular weight is 470 g/mol. The van der Waals surface area contributed by atoms with Crippen LogP contribution < -0.4 is 11.2 Å². The second-order valence-electron chi connectivity index (χ2n) is 6.93. The van der Waals surface area contributed by atoms with Gasteiger partial charge in [0.25, 0.3) is 0 Å². The lowest BCUT2D eigenvalue weighted by Gasteiger charge is -2.26. The fourth-order valence-electron chi connectivity index (χ4n) is 3.29. The molecule has 0 saturated heterocycles. The number of halogens is 2. The van der Waals surface area contributed by atoms with Gasteiger partial charge >= 0.3 is 0 Å². The molecule has 1 aromatic heterocycles. The van der Waals surface area contributed by atoms with Crippen molar-refractivity contribution in [2.45, 2.75) is 44.6 Å². The Morgan fingerprint density at radius 3 is 2.79 bits per heavy atom. The third-order valence-electron chi connectivity index (χ3n) is 4.80. The molecule has 1 heterocycles. The van der Waals surface area contributed by atoms with Crippen LogP contribution in [-0.2, 0) is 6.42 Å². The molecule has 10 heteroatoms. The van der Waals surface area contributed by atoms with E-state index in [2.05, 4.69) is 31.2 Å². The zero-order valence-corrected chi connectivity index (χ0v) is 17.5. The van der Waals surface area contributed by atoms with Gasteiger partial charge in [-0.1, -0.05) is 17.4 Å². The number of aromatic nitrogens is 2.